The molecule has 1 aliphatic rings. The van der Waals surface area contributed by atoms with Crippen LogP contribution in [0.5, 0.6) is 0 Å². The van der Waals surface area contributed by atoms with Gasteiger partial charge in [0.25, 0.3) is 0 Å². The van der Waals surface area contributed by atoms with Crippen LogP contribution in [0.2, 0.25) is 0 Å². The maximum absolute atomic E-state index is 12.7. The molecule has 0 saturated carbocycles. The Morgan fingerprint density at radius 3 is 2.67 bits per heavy atom. The number of nitrogens with one attached hydrogen (secondary N) is 1. The molecule has 7 nitrogen and oxygen atoms in total. The average molecular weight is 353 g/mol. The predicted octanol–water partition coefficient (Wildman–Crippen LogP) is 0.369. The molecule has 0 radical (unpaired) electrons. The van der Waals surface area contributed by atoms with Gasteiger partial charge in [0.1, 0.15) is 5.41 Å². The van der Waals surface area contributed by atoms with Crippen molar-refractivity contribution in [2.45, 2.75) is 32.9 Å². The number of carbonyl (C=O) groups is 2. The molecule has 132 valence electrons. The smallest absolute Gasteiger partial charge is 0.237 e. The highest BCUT2D eigenvalue weighted by atomic mass is 32.2. The molecule has 2 heterocycles. The second-order valence-electron chi connectivity index (χ2n) is 6.64. The highest BCUT2D eigenvalue weighted by Gasteiger charge is 2.42. The van der Waals surface area contributed by atoms with Crippen molar-refractivity contribution in [1.29, 1.82) is 0 Å². The lowest BCUT2D eigenvalue weighted by Crippen LogP contribution is -2.51. The van der Waals surface area contributed by atoms with Crippen LogP contribution in [-0.4, -0.2) is 54.7 Å². The van der Waals surface area contributed by atoms with Gasteiger partial charge in [-0.2, -0.15) is 0 Å². The molecule has 1 aromatic rings. The summed E-state index contributed by atoms with van der Waals surface area (Å²) in [6.45, 7) is 3.38. The molecule has 1 unspecified atom stereocenters. The van der Waals surface area contributed by atoms with E-state index in [2.05, 4.69) is 10.3 Å². The zero-order chi connectivity index (χ0) is 18.0. The van der Waals surface area contributed by atoms with Crippen LogP contribution in [-0.2, 0) is 26.0 Å². The molecular weight excluding hydrogens is 330 g/mol. The van der Waals surface area contributed by atoms with Gasteiger partial charge in [-0.25, -0.2) is 8.42 Å². The molecule has 0 bridgehead atoms. The maximum Gasteiger partial charge on any atom is 0.237 e. The van der Waals surface area contributed by atoms with Crippen LogP contribution in [0.3, 0.4) is 0 Å². The minimum Gasteiger partial charge on any atom is -0.351 e. The van der Waals surface area contributed by atoms with E-state index in [1.54, 1.807) is 39.4 Å². The topological polar surface area (TPSA) is 96.4 Å². The van der Waals surface area contributed by atoms with Crippen LogP contribution in [0.1, 0.15) is 25.8 Å². The highest BCUT2D eigenvalue weighted by molar-refractivity contribution is 7.91. The molecule has 1 fully saturated rings. The number of hydrogen-bond acceptors (Lipinski definition) is 5. The lowest BCUT2D eigenvalue weighted by Gasteiger charge is -2.31. The Morgan fingerprint density at radius 1 is 1.42 bits per heavy atom. The fourth-order valence-electron chi connectivity index (χ4n) is 2.69. The van der Waals surface area contributed by atoms with Gasteiger partial charge >= 0.3 is 0 Å². The van der Waals surface area contributed by atoms with E-state index >= 15 is 0 Å². The van der Waals surface area contributed by atoms with E-state index in [0.29, 0.717) is 6.42 Å². The third kappa shape index (κ3) is 4.11. The molecule has 0 spiro atoms. The van der Waals surface area contributed by atoms with Crippen LogP contribution in [0.4, 0.5) is 0 Å². The monoisotopic (exact) mass is 353 g/mol. The van der Waals surface area contributed by atoms with Crippen LogP contribution in [0.25, 0.3) is 0 Å². The number of carbonyl (C=O) groups excluding carboxylic acids is 2. The first-order valence-electron chi connectivity index (χ1n) is 7.78. The summed E-state index contributed by atoms with van der Waals surface area (Å²) in [7, 11) is -1.53. The Labute approximate surface area is 142 Å². The first-order valence-corrected chi connectivity index (χ1v) is 9.60. The standard InChI is InChI=1S/C16H23N3O4S/c1-16(2,14(20)18-10-12-5-4-7-17-9-12)15(21)19(3)13-6-8-24(22,23)11-13/h4-5,7,9,13H,6,8,10-11H2,1-3H3,(H,18,20). The van der Waals surface area contributed by atoms with Crippen molar-refractivity contribution in [2.24, 2.45) is 5.41 Å². The second-order valence-corrected chi connectivity index (χ2v) is 8.87. The summed E-state index contributed by atoms with van der Waals surface area (Å²) in [5.41, 5.74) is -0.437. The molecule has 2 amide bonds. The van der Waals surface area contributed by atoms with Crippen LogP contribution < -0.4 is 5.32 Å². The number of pyridine rings is 1. The van der Waals surface area contributed by atoms with Gasteiger partial charge in [-0.1, -0.05) is 6.07 Å². The SMILES string of the molecule is CN(C(=O)C(C)(C)C(=O)NCc1cccnc1)C1CCS(=O)(=O)C1. The first-order chi connectivity index (χ1) is 11.1. The minimum atomic E-state index is -3.09. The van der Waals surface area contributed by atoms with Crippen molar-refractivity contribution in [2.75, 3.05) is 18.6 Å². The van der Waals surface area contributed by atoms with E-state index < -0.39 is 21.2 Å². The summed E-state index contributed by atoms with van der Waals surface area (Å²) in [5, 5.41) is 2.74. The summed E-state index contributed by atoms with van der Waals surface area (Å²) < 4.78 is 23.2. The van der Waals surface area contributed by atoms with Gasteiger partial charge in [0, 0.05) is 32.0 Å². The molecule has 8 heteroatoms. The van der Waals surface area contributed by atoms with Crippen LogP contribution in [0, 0.1) is 5.41 Å². The molecule has 24 heavy (non-hydrogen) atoms. The van der Waals surface area contributed by atoms with Crippen molar-refractivity contribution >= 4 is 21.7 Å². The largest absolute Gasteiger partial charge is 0.351 e. The molecule has 1 N–H and O–H groups in total. The van der Waals surface area contributed by atoms with E-state index in [9.17, 15) is 18.0 Å². The second kappa shape index (κ2) is 6.88. The van der Waals surface area contributed by atoms with Crippen LogP contribution in [0.15, 0.2) is 24.5 Å². The van der Waals surface area contributed by atoms with Gasteiger partial charge in [-0.05, 0) is 31.9 Å². The zero-order valence-corrected chi connectivity index (χ0v) is 15.0. The third-order valence-electron chi connectivity index (χ3n) is 4.35. The Hall–Kier alpha value is -1.96. The molecule has 1 saturated heterocycles. The van der Waals surface area contributed by atoms with E-state index in [1.165, 1.54) is 4.90 Å². The van der Waals surface area contributed by atoms with Gasteiger partial charge < -0.3 is 10.2 Å². The fraction of sp³-hybridized carbons (Fsp3) is 0.562. The maximum atomic E-state index is 12.7. The molecule has 2 rings (SSSR count). The van der Waals surface area contributed by atoms with Crippen molar-refractivity contribution in [3.05, 3.63) is 30.1 Å². The summed E-state index contributed by atoms with van der Waals surface area (Å²) in [5.74, 6) is -0.733. The first kappa shape index (κ1) is 18.4. The predicted molar refractivity (Wildman–Crippen MR) is 89.7 cm³/mol. The summed E-state index contributed by atoms with van der Waals surface area (Å²) in [4.78, 5) is 30.5. The lowest BCUT2D eigenvalue weighted by molar-refractivity contribution is -0.148. The molecule has 1 atom stereocenters. The lowest BCUT2D eigenvalue weighted by atomic mass is 9.89. The van der Waals surface area contributed by atoms with Gasteiger partial charge in [0.05, 0.1) is 11.5 Å². The highest BCUT2D eigenvalue weighted by Crippen LogP contribution is 2.24. The Bertz CT molecular complexity index is 716. The van der Waals surface area contributed by atoms with Crippen molar-refractivity contribution in [1.82, 2.24) is 15.2 Å². The minimum absolute atomic E-state index is 0.0391. The summed E-state index contributed by atoms with van der Waals surface area (Å²) in [6.07, 6.45) is 3.70. The molecule has 0 aromatic carbocycles. The zero-order valence-electron chi connectivity index (χ0n) is 14.2. The van der Waals surface area contributed by atoms with Gasteiger partial charge in [-0.3, -0.25) is 14.6 Å². The number of sulfone groups is 1. The third-order valence-corrected chi connectivity index (χ3v) is 6.10. The van der Waals surface area contributed by atoms with E-state index in [4.69, 9.17) is 0 Å². The molecule has 0 aliphatic carbocycles. The van der Waals surface area contributed by atoms with Crippen molar-refractivity contribution in [3.63, 3.8) is 0 Å². The van der Waals surface area contributed by atoms with Crippen LogP contribution >= 0.6 is 0 Å². The van der Waals surface area contributed by atoms with Gasteiger partial charge in [-0.15, -0.1) is 0 Å². The molecular formula is C16H23N3O4S. The Kier molecular flexibility index (Phi) is 5.27. The van der Waals surface area contributed by atoms with Gasteiger partial charge in [0.2, 0.25) is 11.8 Å². The van der Waals surface area contributed by atoms with Crippen molar-refractivity contribution in [3.8, 4) is 0 Å². The quantitative estimate of drug-likeness (QED) is 0.772. The van der Waals surface area contributed by atoms with E-state index in [1.807, 2.05) is 6.07 Å². The van der Waals surface area contributed by atoms with Gasteiger partial charge in [0.15, 0.2) is 9.84 Å². The Balaban J connectivity index is 1.99. The number of rotatable bonds is 5. The number of hydrogen-bond donors (Lipinski definition) is 1. The Morgan fingerprint density at radius 2 is 2.12 bits per heavy atom. The fourth-order valence-corrected chi connectivity index (χ4v) is 4.47. The number of amides is 2. The normalized spacial score (nSPS) is 19.7. The summed E-state index contributed by atoms with van der Waals surface area (Å²) in [6, 6.07) is 3.23. The number of nitrogens with zero attached hydrogens (tertiary/aromatic N) is 2. The van der Waals surface area contributed by atoms with E-state index in [0.717, 1.165) is 5.56 Å². The summed E-state index contributed by atoms with van der Waals surface area (Å²) >= 11 is 0. The van der Waals surface area contributed by atoms with E-state index in [-0.39, 0.29) is 30.0 Å². The average Bonchev–Trinajstić information content (AvgIpc) is 2.92. The molecule has 1 aromatic heterocycles. The van der Waals surface area contributed by atoms with Crippen molar-refractivity contribution < 1.29 is 18.0 Å². The molecule has 1 aliphatic heterocycles. The number of aromatic nitrogens is 1.